The summed E-state index contributed by atoms with van der Waals surface area (Å²) in [5, 5.41) is 7.41. The minimum Gasteiger partial charge on any atom is -0.496 e. The highest BCUT2D eigenvalue weighted by Gasteiger charge is 2.24. The van der Waals surface area contributed by atoms with Crippen LogP contribution in [-0.4, -0.2) is 46.8 Å². The fourth-order valence-electron chi connectivity index (χ4n) is 3.23. The topological polar surface area (TPSA) is 76.5 Å². The Morgan fingerprint density at radius 3 is 2.74 bits per heavy atom. The summed E-state index contributed by atoms with van der Waals surface area (Å²) in [5.74, 6) is 0.847. The number of piperidine rings is 1. The molecule has 0 atom stereocenters. The number of nitrogens with one attached hydrogen (secondary N) is 1. The zero-order valence-electron chi connectivity index (χ0n) is 15.4. The van der Waals surface area contributed by atoms with Crippen molar-refractivity contribution in [1.29, 1.82) is 0 Å². The van der Waals surface area contributed by atoms with Crippen molar-refractivity contribution in [2.45, 2.75) is 25.3 Å². The molecule has 0 aliphatic carbocycles. The summed E-state index contributed by atoms with van der Waals surface area (Å²) < 4.78 is 7.10. The number of methoxy groups -OCH3 is 1. The number of carbonyl (C=O) groups is 1. The van der Waals surface area contributed by atoms with Crippen molar-refractivity contribution in [3.05, 3.63) is 50.9 Å². The van der Waals surface area contributed by atoms with Gasteiger partial charge in [-0.3, -0.25) is 9.59 Å². The molecule has 1 amide bonds. The average molecular weight is 435 g/mol. The van der Waals surface area contributed by atoms with Gasteiger partial charge in [-0.1, -0.05) is 18.2 Å². The molecule has 0 saturated carbocycles. The van der Waals surface area contributed by atoms with E-state index in [1.165, 1.54) is 4.68 Å². The summed E-state index contributed by atoms with van der Waals surface area (Å²) in [6.07, 6.45) is 3.62. The van der Waals surface area contributed by atoms with Gasteiger partial charge in [0.1, 0.15) is 10.2 Å². The molecule has 1 aliphatic heterocycles. The van der Waals surface area contributed by atoms with Crippen molar-refractivity contribution in [2.24, 2.45) is 7.05 Å². The van der Waals surface area contributed by atoms with Crippen LogP contribution in [0.4, 0.5) is 5.69 Å². The maximum atomic E-state index is 12.6. The van der Waals surface area contributed by atoms with E-state index >= 15 is 0 Å². The van der Waals surface area contributed by atoms with E-state index < -0.39 is 0 Å². The lowest BCUT2D eigenvalue weighted by atomic mass is 10.0. The Kier molecular flexibility index (Phi) is 6.15. The van der Waals surface area contributed by atoms with E-state index in [4.69, 9.17) is 4.74 Å². The predicted molar refractivity (Wildman–Crippen MR) is 107 cm³/mol. The second kappa shape index (κ2) is 8.56. The molecular weight excluding hydrogens is 412 g/mol. The number of hydrogen-bond donors (Lipinski definition) is 1. The molecule has 0 bridgehead atoms. The number of likely N-dealkylation sites (tertiary alicyclic amines) is 1. The molecule has 0 spiro atoms. The molecular formula is C19H23BrN4O3. The molecule has 0 unspecified atom stereocenters. The molecule has 144 valence electrons. The van der Waals surface area contributed by atoms with Crippen molar-refractivity contribution >= 4 is 27.5 Å². The number of aromatic nitrogens is 2. The molecule has 0 radical (unpaired) electrons. The van der Waals surface area contributed by atoms with Crippen molar-refractivity contribution in [3.8, 4) is 5.75 Å². The zero-order chi connectivity index (χ0) is 19.4. The number of ether oxygens (including phenoxy) is 1. The third-order valence-electron chi connectivity index (χ3n) is 4.82. The number of amides is 1. The van der Waals surface area contributed by atoms with Crippen LogP contribution in [0.1, 0.15) is 18.4 Å². The number of hydrogen-bond acceptors (Lipinski definition) is 5. The van der Waals surface area contributed by atoms with Crippen molar-refractivity contribution in [3.63, 3.8) is 0 Å². The molecule has 1 aliphatic rings. The highest BCUT2D eigenvalue weighted by Crippen LogP contribution is 2.23. The van der Waals surface area contributed by atoms with Crippen LogP contribution in [0.25, 0.3) is 0 Å². The molecule has 2 heterocycles. The van der Waals surface area contributed by atoms with Gasteiger partial charge in [-0.2, -0.15) is 5.10 Å². The first-order valence-corrected chi connectivity index (χ1v) is 9.67. The second-order valence-electron chi connectivity index (χ2n) is 6.59. The van der Waals surface area contributed by atoms with E-state index in [0.29, 0.717) is 29.7 Å². The van der Waals surface area contributed by atoms with Gasteiger partial charge in [0.05, 0.1) is 25.4 Å². The molecule has 1 aromatic heterocycles. The lowest BCUT2D eigenvalue weighted by Crippen LogP contribution is -2.43. The first-order valence-electron chi connectivity index (χ1n) is 8.87. The summed E-state index contributed by atoms with van der Waals surface area (Å²) in [4.78, 5) is 26.5. The van der Waals surface area contributed by atoms with Crippen LogP contribution in [0, 0.1) is 0 Å². The minimum absolute atomic E-state index is 0.106. The highest BCUT2D eigenvalue weighted by atomic mass is 79.9. The highest BCUT2D eigenvalue weighted by molar-refractivity contribution is 9.10. The maximum Gasteiger partial charge on any atom is 0.282 e. The maximum absolute atomic E-state index is 12.6. The SMILES string of the molecule is COc1ccccc1CC(=O)N1CCC(Nc2cnn(C)c(=O)c2Br)CC1. The van der Waals surface area contributed by atoms with Crippen LogP contribution in [-0.2, 0) is 18.3 Å². The van der Waals surface area contributed by atoms with Crippen LogP contribution in [0.2, 0.25) is 0 Å². The number of carbonyl (C=O) groups excluding carboxylic acids is 1. The van der Waals surface area contributed by atoms with E-state index in [1.807, 2.05) is 29.2 Å². The van der Waals surface area contributed by atoms with Gasteiger partial charge in [-0.05, 0) is 34.8 Å². The number of aryl methyl sites for hydroxylation is 1. The molecule has 1 saturated heterocycles. The Morgan fingerprint density at radius 2 is 2.04 bits per heavy atom. The number of para-hydroxylation sites is 1. The van der Waals surface area contributed by atoms with Gasteiger partial charge in [0.25, 0.3) is 5.56 Å². The molecule has 8 heteroatoms. The van der Waals surface area contributed by atoms with Crippen LogP contribution in [0.3, 0.4) is 0 Å². The van der Waals surface area contributed by atoms with E-state index in [2.05, 4.69) is 26.3 Å². The van der Waals surface area contributed by atoms with Gasteiger partial charge in [-0.25, -0.2) is 4.68 Å². The van der Waals surface area contributed by atoms with E-state index in [0.717, 1.165) is 24.2 Å². The Bertz CT molecular complexity index is 875. The van der Waals surface area contributed by atoms with Crippen LogP contribution < -0.4 is 15.6 Å². The van der Waals surface area contributed by atoms with Crippen molar-refractivity contribution < 1.29 is 9.53 Å². The summed E-state index contributed by atoms with van der Waals surface area (Å²) in [7, 11) is 3.23. The quantitative estimate of drug-likeness (QED) is 0.780. The second-order valence-corrected chi connectivity index (χ2v) is 7.38. The van der Waals surface area contributed by atoms with Gasteiger partial charge in [0.2, 0.25) is 5.91 Å². The zero-order valence-corrected chi connectivity index (χ0v) is 17.0. The smallest absolute Gasteiger partial charge is 0.282 e. The third-order valence-corrected chi connectivity index (χ3v) is 5.59. The summed E-state index contributed by atoms with van der Waals surface area (Å²) in [6, 6.07) is 7.80. The Labute approximate surface area is 166 Å². The molecule has 3 rings (SSSR count). The van der Waals surface area contributed by atoms with Crippen LogP contribution in [0.15, 0.2) is 39.7 Å². The molecule has 27 heavy (non-hydrogen) atoms. The Balaban J connectivity index is 1.56. The predicted octanol–water partition coefficient (Wildman–Crippen LogP) is 2.20. The third kappa shape index (κ3) is 4.50. The lowest BCUT2D eigenvalue weighted by molar-refractivity contribution is -0.131. The monoisotopic (exact) mass is 434 g/mol. The Morgan fingerprint density at radius 1 is 1.33 bits per heavy atom. The summed E-state index contributed by atoms with van der Waals surface area (Å²) in [6.45, 7) is 1.36. The fourth-order valence-corrected chi connectivity index (χ4v) is 3.70. The first kappa shape index (κ1) is 19.4. The number of anilines is 1. The standard InChI is InChI=1S/C19H23BrN4O3/c1-23-19(26)18(20)15(12-21-23)22-14-7-9-24(10-8-14)17(25)11-13-5-3-4-6-16(13)27-2/h3-6,12,14,22H,7-11H2,1-2H3. The summed E-state index contributed by atoms with van der Waals surface area (Å²) >= 11 is 3.33. The van der Waals surface area contributed by atoms with Gasteiger partial charge in [0, 0.05) is 31.7 Å². The molecule has 1 fully saturated rings. The van der Waals surface area contributed by atoms with Gasteiger partial charge < -0.3 is 15.0 Å². The number of rotatable bonds is 5. The largest absolute Gasteiger partial charge is 0.496 e. The van der Waals surface area contributed by atoms with Crippen LogP contribution >= 0.6 is 15.9 Å². The average Bonchev–Trinajstić information content (AvgIpc) is 2.69. The van der Waals surface area contributed by atoms with Crippen molar-refractivity contribution in [1.82, 2.24) is 14.7 Å². The van der Waals surface area contributed by atoms with Crippen molar-refractivity contribution in [2.75, 3.05) is 25.5 Å². The normalized spacial score (nSPS) is 14.9. The Hall–Kier alpha value is -2.35. The molecule has 1 aromatic carbocycles. The first-order chi connectivity index (χ1) is 13.0. The van der Waals surface area contributed by atoms with Gasteiger partial charge >= 0.3 is 0 Å². The minimum atomic E-state index is -0.176. The van der Waals surface area contributed by atoms with E-state index in [1.54, 1.807) is 20.4 Å². The number of nitrogens with zero attached hydrogens (tertiary/aromatic N) is 3. The number of halogens is 1. The lowest BCUT2D eigenvalue weighted by Gasteiger charge is -2.33. The molecule has 7 nitrogen and oxygen atoms in total. The van der Waals surface area contributed by atoms with Crippen LogP contribution in [0.5, 0.6) is 5.75 Å². The van der Waals surface area contributed by atoms with E-state index in [-0.39, 0.29) is 17.5 Å². The van der Waals surface area contributed by atoms with E-state index in [9.17, 15) is 9.59 Å². The fraction of sp³-hybridized carbons (Fsp3) is 0.421. The van der Waals surface area contributed by atoms with Gasteiger partial charge in [0.15, 0.2) is 0 Å². The number of benzene rings is 1. The van der Waals surface area contributed by atoms with Gasteiger partial charge in [-0.15, -0.1) is 0 Å². The molecule has 1 N–H and O–H groups in total. The summed E-state index contributed by atoms with van der Waals surface area (Å²) in [5.41, 5.74) is 1.42. The molecule has 2 aromatic rings.